The number of hydrogen-bond acceptors (Lipinski definition) is 3. The Balaban J connectivity index is 1.86. The van der Waals surface area contributed by atoms with Crippen LogP contribution >= 0.6 is 0 Å². The van der Waals surface area contributed by atoms with Crippen molar-refractivity contribution in [1.82, 2.24) is 10.3 Å². The summed E-state index contributed by atoms with van der Waals surface area (Å²) in [5.74, 6) is 0.315. The van der Waals surface area contributed by atoms with Crippen molar-refractivity contribution in [3.05, 3.63) is 59.4 Å². The number of aryl methyl sites for hydroxylation is 1. The Morgan fingerprint density at radius 3 is 2.63 bits per heavy atom. The molecule has 0 spiro atoms. The summed E-state index contributed by atoms with van der Waals surface area (Å²) in [5, 5.41) is 12.8. The fourth-order valence-corrected chi connectivity index (χ4v) is 2.02. The van der Waals surface area contributed by atoms with E-state index >= 15 is 0 Å². The van der Waals surface area contributed by atoms with Crippen LogP contribution in [0.15, 0.2) is 42.7 Å². The largest absolute Gasteiger partial charge is 0.508 e. The summed E-state index contributed by atoms with van der Waals surface area (Å²) in [6.45, 7) is 5.10. The molecule has 1 aromatic heterocycles. The summed E-state index contributed by atoms with van der Waals surface area (Å²) >= 11 is 0. The summed E-state index contributed by atoms with van der Waals surface area (Å²) in [5.41, 5.74) is 3.72. The molecular weight excluding hydrogens is 236 g/mol. The van der Waals surface area contributed by atoms with E-state index in [0.29, 0.717) is 11.8 Å². The molecule has 3 nitrogen and oxygen atoms in total. The van der Waals surface area contributed by atoms with Crippen LogP contribution in [-0.4, -0.2) is 16.1 Å². The van der Waals surface area contributed by atoms with E-state index in [4.69, 9.17) is 0 Å². The number of nitrogens with one attached hydrogen (secondary N) is 1. The van der Waals surface area contributed by atoms with Crippen LogP contribution in [0, 0.1) is 6.92 Å². The predicted octanol–water partition coefficient (Wildman–Crippen LogP) is 2.82. The van der Waals surface area contributed by atoms with Crippen molar-refractivity contribution in [3.63, 3.8) is 0 Å². The van der Waals surface area contributed by atoms with E-state index in [0.717, 1.165) is 13.0 Å². The highest BCUT2D eigenvalue weighted by atomic mass is 16.3. The van der Waals surface area contributed by atoms with Gasteiger partial charge in [-0.05, 0) is 55.2 Å². The molecule has 0 radical (unpaired) electrons. The minimum Gasteiger partial charge on any atom is -0.508 e. The predicted molar refractivity (Wildman–Crippen MR) is 77.1 cm³/mol. The Bertz CT molecular complexity index is 523. The van der Waals surface area contributed by atoms with Gasteiger partial charge < -0.3 is 10.4 Å². The van der Waals surface area contributed by atoms with Gasteiger partial charge in [-0.3, -0.25) is 4.98 Å². The van der Waals surface area contributed by atoms with E-state index < -0.39 is 0 Å². The number of phenolic OH excluding ortho intramolecular Hbond substituents is 1. The van der Waals surface area contributed by atoms with Crippen molar-refractivity contribution < 1.29 is 5.11 Å². The van der Waals surface area contributed by atoms with Gasteiger partial charge in [-0.2, -0.15) is 0 Å². The van der Waals surface area contributed by atoms with Crippen LogP contribution in [0.1, 0.15) is 23.6 Å². The van der Waals surface area contributed by atoms with Crippen LogP contribution in [0.3, 0.4) is 0 Å². The lowest BCUT2D eigenvalue weighted by atomic mass is 10.1. The first-order valence-corrected chi connectivity index (χ1v) is 6.56. The maximum Gasteiger partial charge on any atom is 0.115 e. The second-order valence-electron chi connectivity index (χ2n) is 4.95. The first kappa shape index (κ1) is 13.6. The van der Waals surface area contributed by atoms with Crippen LogP contribution in [0.4, 0.5) is 0 Å². The molecule has 0 saturated heterocycles. The second-order valence-corrected chi connectivity index (χ2v) is 4.95. The quantitative estimate of drug-likeness (QED) is 0.864. The Kier molecular flexibility index (Phi) is 4.53. The lowest BCUT2D eigenvalue weighted by Gasteiger charge is -2.15. The highest BCUT2D eigenvalue weighted by molar-refractivity contribution is 5.26. The average Bonchev–Trinajstić information content (AvgIpc) is 2.40. The molecule has 100 valence electrons. The van der Waals surface area contributed by atoms with Gasteiger partial charge in [0.25, 0.3) is 0 Å². The molecule has 0 aliphatic rings. The molecule has 2 aromatic rings. The number of rotatable bonds is 5. The van der Waals surface area contributed by atoms with Gasteiger partial charge >= 0.3 is 0 Å². The van der Waals surface area contributed by atoms with Crippen molar-refractivity contribution in [2.75, 3.05) is 0 Å². The van der Waals surface area contributed by atoms with Gasteiger partial charge in [-0.25, -0.2) is 0 Å². The van der Waals surface area contributed by atoms with Gasteiger partial charge in [-0.1, -0.05) is 12.1 Å². The summed E-state index contributed by atoms with van der Waals surface area (Å²) in [6, 6.07) is 9.79. The minimum absolute atomic E-state index is 0.315. The van der Waals surface area contributed by atoms with E-state index in [1.54, 1.807) is 12.1 Å². The highest BCUT2D eigenvalue weighted by Crippen LogP contribution is 2.11. The first-order valence-electron chi connectivity index (χ1n) is 6.56. The van der Waals surface area contributed by atoms with E-state index in [9.17, 15) is 5.11 Å². The molecule has 0 amide bonds. The van der Waals surface area contributed by atoms with Crippen molar-refractivity contribution in [2.45, 2.75) is 32.9 Å². The molecule has 3 heteroatoms. The number of pyridine rings is 1. The second kappa shape index (κ2) is 6.34. The molecule has 2 N–H and O–H groups in total. The number of benzene rings is 1. The summed E-state index contributed by atoms with van der Waals surface area (Å²) in [6.07, 6.45) is 4.67. The highest BCUT2D eigenvalue weighted by Gasteiger charge is 2.04. The van der Waals surface area contributed by atoms with Crippen molar-refractivity contribution >= 4 is 0 Å². The molecule has 1 unspecified atom stereocenters. The van der Waals surface area contributed by atoms with Gasteiger partial charge in [0.15, 0.2) is 0 Å². The van der Waals surface area contributed by atoms with Gasteiger partial charge in [0, 0.05) is 25.0 Å². The van der Waals surface area contributed by atoms with E-state index in [-0.39, 0.29) is 0 Å². The van der Waals surface area contributed by atoms with Gasteiger partial charge in [0.05, 0.1) is 0 Å². The smallest absolute Gasteiger partial charge is 0.115 e. The van der Waals surface area contributed by atoms with Crippen molar-refractivity contribution in [2.24, 2.45) is 0 Å². The Morgan fingerprint density at radius 1 is 1.21 bits per heavy atom. The van der Waals surface area contributed by atoms with Gasteiger partial charge in [0.1, 0.15) is 5.75 Å². The zero-order valence-corrected chi connectivity index (χ0v) is 11.4. The summed E-state index contributed by atoms with van der Waals surface area (Å²) < 4.78 is 0. The minimum atomic E-state index is 0.315. The molecule has 1 atom stereocenters. The summed E-state index contributed by atoms with van der Waals surface area (Å²) in [4.78, 5) is 4.15. The molecule has 1 aromatic carbocycles. The fraction of sp³-hybridized carbons (Fsp3) is 0.312. The van der Waals surface area contributed by atoms with E-state index in [1.807, 2.05) is 30.6 Å². The molecule has 2 rings (SSSR count). The van der Waals surface area contributed by atoms with Crippen LogP contribution in [0.5, 0.6) is 5.75 Å². The van der Waals surface area contributed by atoms with E-state index in [2.05, 4.69) is 24.1 Å². The average molecular weight is 256 g/mol. The van der Waals surface area contributed by atoms with Gasteiger partial charge in [-0.15, -0.1) is 0 Å². The Labute approximate surface area is 114 Å². The number of hydrogen-bond donors (Lipinski definition) is 2. The lowest BCUT2D eigenvalue weighted by molar-refractivity contribution is 0.474. The topological polar surface area (TPSA) is 45.2 Å². The third-order valence-corrected chi connectivity index (χ3v) is 3.27. The normalized spacial score (nSPS) is 12.3. The molecule has 0 fully saturated rings. The molecular formula is C16H20N2O. The zero-order chi connectivity index (χ0) is 13.7. The van der Waals surface area contributed by atoms with Crippen LogP contribution in [0.2, 0.25) is 0 Å². The number of nitrogens with zero attached hydrogens (tertiary/aromatic N) is 1. The van der Waals surface area contributed by atoms with E-state index in [1.165, 1.54) is 16.7 Å². The standard InChI is InChI=1S/C16H20N2O/c1-12-7-8-17-10-15(12)11-18-13(2)9-14-3-5-16(19)6-4-14/h3-8,10,13,18-19H,9,11H2,1-2H3. The number of aromatic hydroxyl groups is 1. The molecule has 0 saturated carbocycles. The maximum absolute atomic E-state index is 9.25. The fourth-order valence-electron chi connectivity index (χ4n) is 2.02. The van der Waals surface area contributed by atoms with Crippen molar-refractivity contribution in [3.8, 4) is 5.75 Å². The first-order chi connectivity index (χ1) is 9.15. The Morgan fingerprint density at radius 2 is 1.95 bits per heavy atom. The molecule has 0 aliphatic carbocycles. The van der Waals surface area contributed by atoms with Crippen LogP contribution < -0.4 is 5.32 Å². The number of aromatic nitrogens is 1. The third-order valence-electron chi connectivity index (χ3n) is 3.27. The SMILES string of the molecule is Cc1ccncc1CNC(C)Cc1ccc(O)cc1. The number of phenols is 1. The van der Waals surface area contributed by atoms with Crippen LogP contribution in [0.25, 0.3) is 0 Å². The van der Waals surface area contributed by atoms with Crippen molar-refractivity contribution in [1.29, 1.82) is 0 Å². The molecule has 1 heterocycles. The molecule has 0 aliphatic heterocycles. The maximum atomic E-state index is 9.25. The monoisotopic (exact) mass is 256 g/mol. The third kappa shape index (κ3) is 4.07. The summed E-state index contributed by atoms with van der Waals surface area (Å²) in [7, 11) is 0. The van der Waals surface area contributed by atoms with Gasteiger partial charge in [0.2, 0.25) is 0 Å². The molecule has 19 heavy (non-hydrogen) atoms. The molecule has 0 bridgehead atoms. The zero-order valence-electron chi connectivity index (χ0n) is 11.4. The Hall–Kier alpha value is -1.87. The van der Waals surface area contributed by atoms with Crippen LogP contribution in [-0.2, 0) is 13.0 Å². The lowest BCUT2D eigenvalue weighted by Crippen LogP contribution is -2.27.